The molecule has 0 atom stereocenters. The molecule has 1 heterocycles. The van der Waals surface area contributed by atoms with Crippen LogP contribution in [-0.4, -0.2) is 19.7 Å². The predicted molar refractivity (Wildman–Crippen MR) is 52.1 cm³/mol. The lowest BCUT2D eigenvalue weighted by atomic mass is 10.4. The summed E-state index contributed by atoms with van der Waals surface area (Å²) in [6.45, 7) is 1.75. The van der Waals surface area contributed by atoms with E-state index >= 15 is 0 Å². The molecule has 1 rings (SSSR count). The average Bonchev–Trinajstić information content (AvgIpc) is 1.94. The van der Waals surface area contributed by atoms with Crippen molar-refractivity contribution < 1.29 is 12.6 Å². The Morgan fingerprint density at radius 2 is 2.15 bits per heavy atom. The zero-order chi connectivity index (χ0) is 10.1. The van der Waals surface area contributed by atoms with Gasteiger partial charge in [-0.15, -0.1) is 0 Å². The van der Waals surface area contributed by atoms with Crippen LogP contribution >= 0.6 is 15.9 Å². The van der Waals surface area contributed by atoms with Crippen LogP contribution in [0.3, 0.4) is 0 Å². The third-order valence-corrected chi connectivity index (χ3v) is 2.28. The van der Waals surface area contributed by atoms with Gasteiger partial charge in [-0.05, 0) is 22.9 Å². The van der Waals surface area contributed by atoms with Gasteiger partial charge in [0.1, 0.15) is 0 Å². The summed E-state index contributed by atoms with van der Waals surface area (Å²) in [5.41, 5.74) is 0.696. The van der Waals surface area contributed by atoms with Crippen LogP contribution in [0.15, 0.2) is 16.7 Å². The predicted octanol–water partition coefficient (Wildman–Crippen LogP) is 1.49. The van der Waals surface area contributed by atoms with Crippen LogP contribution in [0, 0.1) is 6.92 Å². The quantitative estimate of drug-likeness (QED) is 0.761. The van der Waals surface area contributed by atoms with E-state index in [9.17, 15) is 8.42 Å². The molecule has 1 aromatic rings. The van der Waals surface area contributed by atoms with Gasteiger partial charge in [0.2, 0.25) is 0 Å². The zero-order valence-electron chi connectivity index (χ0n) is 7.11. The fourth-order valence-corrected chi connectivity index (χ4v) is 1.61. The molecule has 0 fully saturated rings. The number of aromatic nitrogens is 1. The molecule has 0 aromatic carbocycles. The van der Waals surface area contributed by atoms with Crippen molar-refractivity contribution >= 4 is 26.0 Å². The molecule has 0 unspecified atom stereocenters. The van der Waals surface area contributed by atoms with Gasteiger partial charge >= 0.3 is 10.1 Å². The summed E-state index contributed by atoms with van der Waals surface area (Å²) in [5.74, 6) is 0.259. The zero-order valence-corrected chi connectivity index (χ0v) is 9.52. The molecule has 72 valence electrons. The first kappa shape index (κ1) is 10.5. The molecule has 0 saturated carbocycles. The van der Waals surface area contributed by atoms with Crippen LogP contribution in [0.1, 0.15) is 5.69 Å². The van der Waals surface area contributed by atoms with Crippen molar-refractivity contribution in [1.82, 2.24) is 4.98 Å². The van der Waals surface area contributed by atoms with Crippen LogP contribution < -0.4 is 4.18 Å². The van der Waals surface area contributed by atoms with Gasteiger partial charge in [0, 0.05) is 18.0 Å². The second kappa shape index (κ2) is 3.63. The van der Waals surface area contributed by atoms with E-state index in [0.29, 0.717) is 10.2 Å². The van der Waals surface area contributed by atoms with Crippen molar-refractivity contribution in [2.24, 2.45) is 0 Å². The Balaban J connectivity index is 3.08. The average molecular weight is 266 g/mol. The number of aryl methyl sites for hydroxylation is 1. The molecular weight excluding hydrogens is 258 g/mol. The van der Waals surface area contributed by atoms with Crippen LogP contribution in [0.25, 0.3) is 0 Å². The van der Waals surface area contributed by atoms with E-state index in [1.54, 1.807) is 13.0 Å². The van der Waals surface area contributed by atoms with Gasteiger partial charge in [0.25, 0.3) is 0 Å². The van der Waals surface area contributed by atoms with Crippen molar-refractivity contribution in [3.63, 3.8) is 0 Å². The maximum absolute atomic E-state index is 10.8. The van der Waals surface area contributed by atoms with Gasteiger partial charge in [-0.2, -0.15) is 8.42 Å². The number of hydrogen-bond acceptors (Lipinski definition) is 4. The van der Waals surface area contributed by atoms with Gasteiger partial charge in [-0.1, -0.05) is 0 Å². The molecule has 4 nitrogen and oxygen atoms in total. The Hall–Kier alpha value is -0.620. The van der Waals surface area contributed by atoms with E-state index in [-0.39, 0.29) is 5.75 Å². The summed E-state index contributed by atoms with van der Waals surface area (Å²) in [4.78, 5) is 3.95. The van der Waals surface area contributed by atoms with Crippen LogP contribution in [-0.2, 0) is 10.1 Å². The van der Waals surface area contributed by atoms with E-state index < -0.39 is 10.1 Å². The Kier molecular flexibility index (Phi) is 2.92. The molecule has 13 heavy (non-hydrogen) atoms. The van der Waals surface area contributed by atoms with Gasteiger partial charge < -0.3 is 4.18 Å². The fraction of sp³-hybridized carbons (Fsp3) is 0.286. The van der Waals surface area contributed by atoms with Crippen molar-refractivity contribution in [1.29, 1.82) is 0 Å². The van der Waals surface area contributed by atoms with Gasteiger partial charge in [0.05, 0.1) is 10.7 Å². The highest BCUT2D eigenvalue weighted by Gasteiger charge is 2.08. The van der Waals surface area contributed by atoms with Crippen LogP contribution in [0.4, 0.5) is 0 Å². The maximum atomic E-state index is 10.8. The first-order chi connectivity index (χ1) is 5.88. The van der Waals surface area contributed by atoms with E-state index in [2.05, 4.69) is 20.9 Å². The van der Waals surface area contributed by atoms with Crippen molar-refractivity contribution in [3.05, 3.63) is 22.4 Å². The second-order valence-electron chi connectivity index (χ2n) is 2.54. The Morgan fingerprint density at radius 1 is 1.54 bits per heavy atom. The van der Waals surface area contributed by atoms with Gasteiger partial charge in [0.15, 0.2) is 5.75 Å². The van der Waals surface area contributed by atoms with E-state index in [1.165, 1.54) is 6.20 Å². The highest BCUT2D eigenvalue weighted by molar-refractivity contribution is 9.10. The number of pyridine rings is 1. The highest BCUT2D eigenvalue weighted by atomic mass is 79.9. The van der Waals surface area contributed by atoms with Crippen molar-refractivity contribution in [2.45, 2.75) is 6.92 Å². The number of nitrogens with zero attached hydrogens (tertiary/aromatic N) is 1. The van der Waals surface area contributed by atoms with Gasteiger partial charge in [-0.25, -0.2) is 0 Å². The molecule has 0 aliphatic rings. The molecule has 0 N–H and O–H groups in total. The molecule has 6 heteroatoms. The van der Waals surface area contributed by atoms with E-state index in [4.69, 9.17) is 4.18 Å². The Morgan fingerprint density at radius 3 is 2.69 bits per heavy atom. The van der Waals surface area contributed by atoms with Crippen LogP contribution in [0.2, 0.25) is 0 Å². The summed E-state index contributed by atoms with van der Waals surface area (Å²) < 4.78 is 26.8. The number of rotatable bonds is 2. The van der Waals surface area contributed by atoms with Crippen molar-refractivity contribution in [2.75, 3.05) is 6.26 Å². The lowest BCUT2D eigenvalue weighted by Gasteiger charge is -2.04. The van der Waals surface area contributed by atoms with E-state index in [1.807, 2.05) is 0 Å². The lowest BCUT2D eigenvalue weighted by molar-refractivity contribution is 0.491. The molecule has 0 spiro atoms. The normalized spacial score (nSPS) is 11.3. The highest BCUT2D eigenvalue weighted by Crippen LogP contribution is 2.25. The Bertz CT molecular complexity index is 416. The second-order valence-corrected chi connectivity index (χ2v) is 4.97. The minimum Gasteiger partial charge on any atom is -0.381 e. The molecule has 0 saturated heterocycles. The topological polar surface area (TPSA) is 56.3 Å². The SMILES string of the molecule is Cc1cc(OS(C)(=O)=O)c(Br)cn1. The number of hydrogen-bond donors (Lipinski definition) is 0. The molecule has 1 aromatic heterocycles. The molecular formula is C7H8BrNO3S. The fourth-order valence-electron chi connectivity index (χ4n) is 0.745. The summed E-state index contributed by atoms with van der Waals surface area (Å²) in [6.07, 6.45) is 2.49. The largest absolute Gasteiger partial charge is 0.381 e. The lowest BCUT2D eigenvalue weighted by Crippen LogP contribution is -2.06. The molecule has 0 bridgehead atoms. The third kappa shape index (κ3) is 3.31. The minimum absolute atomic E-state index is 0.259. The summed E-state index contributed by atoms with van der Waals surface area (Å²) in [6, 6.07) is 1.55. The standard InChI is InChI=1S/C7H8BrNO3S/c1-5-3-7(6(8)4-9-5)12-13(2,10)11/h3-4H,1-2H3. The van der Waals surface area contributed by atoms with E-state index in [0.717, 1.165) is 6.26 Å². The summed E-state index contributed by atoms with van der Waals surface area (Å²) in [5, 5.41) is 0. The first-order valence-corrected chi connectivity index (χ1v) is 6.01. The molecule has 0 aliphatic carbocycles. The monoisotopic (exact) mass is 265 g/mol. The van der Waals surface area contributed by atoms with Crippen molar-refractivity contribution in [3.8, 4) is 5.75 Å². The minimum atomic E-state index is -3.47. The van der Waals surface area contributed by atoms with Gasteiger partial charge in [-0.3, -0.25) is 4.98 Å². The van der Waals surface area contributed by atoms with Crippen LogP contribution in [0.5, 0.6) is 5.75 Å². The summed E-state index contributed by atoms with van der Waals surface area (Å²) >= 11 is 3.13. The third-order valence-electron chi connectivity index (χ3n) is 1.20. The molecule has 0 radical (unpaired) electrons. The summed E-state index contributed by atoms with van der Waals surface area (Å²) in [7, 11) is -3.47. The first-order valence-electron chi connectivity index (χ1n) is 3.40. The molecule has 0 aliphatic heterocycles. The maximum Gasteiger partial charge on any atom is 0.306 e. The smallest absolute Gasteiger partial charge is 0.306 e. The molecule has 0 amide bonds. The number of halogens is 1. The Labute approximate surface area is 85.2 Å².